The van der Waals surface area contributed by atoms with E-state index in [1.807, 2.05) is 26.0 Å². The molecule has 0 unspecified atom stereocenters. The summed E-state index contributed by atoms with van der Waals surface area (Å²) in [6.07, 6.45) is 5.40. The van der Waals surface area contributed by atoms with Crippen LogP contribution in [0, 0.1) is 12.3 Å². The van der Waals surface area contributed by atoms with Crippen LogP contribution < -0.4 is 9.47 Å². The van der Waals surface area contributed by atoms with Crippen molar-refractivity contribution in [3.05, 3.63) is 23.8 Å². The van der Waals surface area contributed by atoms with Crippen molar-refractivity contribution in [1.29, 1.82) is 0 Å². The third-order valence-electron chi connectivity index (χ3n) is 1.69. The Balaban J connectivity index is 3.03. The zero-order valence-corrected chi connectivity index (χ0v) is 8.70. The summed E-state index contributed by atoms with van der Waals surface area (Å²) < 4.78 is 10.7. The van der Waals surface area contributed by atoms with Gasteiger partial charge in [-0.3, -0.25) is 0 Å². The normalized spacial score (nSPS) is 9.64. The lowest BCUT2D eigenvalue weighted by atomic mass is 10.2. The van der Waals surface area contributed by atoms with E-state index in [1.165, 1.54) is 0 Å². The summed E-state index contributed by atoms with van der Waals surface area (Å²) in [5.41, 5.74) is 0.793. The van der Waals surface area contributed by atoms with E-state index in [1.54, 1.807) is 13.2 Å². The topological polar surface area (TPSA) is 18.5 Å². The van der Waals surface area contributed by atoms with E-state index in [2.05, 4.69) is 5.92 Å². The summed E-state index contributed by atoms with van der Waals surface area (Å²) >= 11 is 0. The van der Waals surface area contributed by atoms with E-state index < -0.39 is 0 Å². The standard InChI is InChI=1S/C12H14O2/c1-5-10-6-7-11(13-4)12(8-10)14-9(2)3/h1,6-9H,2-4H3. The molecule has 1 aromatic rings. The highest BCUT2D eigenvalue weighted by atomic mass is 16.5. The first kappa shape index (κ1) is 10.5. The zero-order chi connectivity index (χ0) is 10.6. The Bertz CT molecular complexity index is 348. The lowest BCUT2D eigenvalue weighted by Gasteiger charge is -2.13. The molecule has 0 saturated heterocycles. The molecular formula is C12H14O2. The highest BCUT2D eigenvalue weighted by Crippen LogP contribution is 2.28. The van der Waals surface area contributed by atoms with Crippen molar-refractivity contribution in [2.45, 2.75) is 20.0 Å². The Morgan fingerprint density at radius 2 is 2.00 bits per heavy atom. The minimum atomic E-state index is 0.108. The molecule has 74 valence electrons. The number of benzene rings is 1. The smallest absolute Gasteiger partial charge is 0.162 e. The van der Waals surface area contributed by atoms with Crippen LogP contribution in [-0.2, 0) is 0 Å². The van der Waals surface area contributed by atoms with Gasteiger partial charge in [-0.25, -0.2) is 0 Å². The van der Waals surface area contributed by atoms with E-state index >= 15 is 0 Å². The van der Waals surface area contributed by atoms with Crippen molar-refractivity contribution in [2.75, 3.05) is 7.11 Å². The largest absolute Gasteiger partial charge is 0.493 e. The minimum absolute atomic E-state index is 0.108. The summed E-state index contributed by atoms with van der Waals surface area (Å²) in [7, 11) is 1.61. The fourth-order valence-corrected chi connectivity index (χ4v) is 1.11. The minimum Gasteiger partial charge on any atom is -0.493 e. The Labute approximate surface area is 84.8 Å². The van der Waals surface area contributed by atoms with Gasteiger partial charge in [0.1, 0.15) is 0 Å². The van der Waals surface area contributed by atoms with Crippen LogP contribution in [0.4, 0.5) is 0 Å². The first-order valence-corrected chi connectivity index (χ1v) is 4.48. The monoisotopic (exact) mass is 190 g/mol. The molecule has 0 N–H and O–H groups in total. The van der Waals surface area contributed by atoms with Crippen molar-refractivity contribution in [3.8, 4) is 23.8 Å². The van der Waals surface area contributed by atoms with Crippen LogP contribution in [0.2, 0.25) is 0 Å². The van der Waals surface area contributed by atoms with Crippen LogP contribution in [-0.4, -0.2) is 13.2 Å². The predicted octanol–water partition coefficient (Wildman–Crippen LogP) is 2.46. The lowest BCUT2D eigenvalue weighted by Crippen LogP contribution is -2.06. The molecule has 14 heavy (non-hydrogen) atoms. The number of hydrogen-bond acceptors (Lipinski definition) is 2. The quantitative estimate of drug-likeness (QED) is 0.682. The molecule has 0 amide bonds. The molecule has 0 aliphatic rings. The van der Waals surface area contributed by atoms with Gasteiger partial charge in [-0.15, -0.1) is 6.42 Å². The van der Waals surface area contributed by atoms with E-state index in [0.29, 0.717) is 11.5 Å². The molecule has 0 aliphatic heterocycles. The summed E-state index contributed by atoms with van der Waals surface area (Å²) in [6.45, 7) is 3.92. The maximum Gasteiger partial charge on any atom is 0.162 e. The second-order valence-corrected chi connectivity index (χ2v) is 3.18. The molecule has 2 nitrogen and oxygen atoms in total. The predicted molar refractivity (Wildman–Crippen MR) is 56.7 cm³/mol. The number of hydrogen-bond donors (Lipinski definition) is 0. The Hall–Kier alpha value is -1.62. The SMILES string of the molecule is C#Cc1ccc(OC)c(OC(C)C)c1. The summed E-state index contributed by atoms with van der Waals surface area (Å²) in [4.78, 5) is 0. The van der Waals surface area contributed by atoms with E-state index in [0.717, 1.165) is 5.56 Å². The molecular weight excluding hydrogens is 176 g/mol. The molecule has 0 spiro atoms. The van der Waals surface area contributed by atoms with E-state index in [9.17, 15) is 0 Å². The molecule has 0 saturated carbocycles. The molecule has 2 heteroatoms. The van der Waals surface area contributed by atoms with Gasteiger partial charge in [-0.2, -0.15) is 0 Å². The van der Waals surface area contributed by atoms with Crippen molar-refractivity contribution in [1.82, 2.24) is 0 Å². The Kier molecular flexibility index (Phi) is 3.41. The summed E-state index contributed by atoms with van der Waals surface area (Å²) in [5.74, 6) is 3.96. The maximum atomic E-state index is 5.56. The first-order chi connectivity index (χ1) is 6.67. The first-order valence-electron chi connectivity index (χ1n) is 4.48. The fraction of sp³-hybridized carbons (Fsp3) is 0.333. The van der Waals surface area contributed by atoms with Crippen molar-refractivity contribution < 1.29 is 9.47 Å². The van der Waals surface area contributed by atoms with E-state index in [4.69, 9.17) is 15.9 Å². The third-order valence-corrected chi connectivity index (χ3v) is 1.69. The molecule has 1 aromatic carbocycles. The average Bonchev–Trinajstić information content (AvgIpc) is 2.16. The lowest BCUT2D eigenvalue weighted by molar-refractivity contribution is 0.230. The molecule has 0 fully saturated rings. The molecule has 0 radical (unpaired) electrons. The Morgan fingerprint density at radius 1 is 1.29 bits per heavy atom. The Morgan fingerprint density at radius 3 is 2.50 bits per heavy atom. The highest BCUT2D eigenvalue weighted by Gasteiger charge is 2.06. The summed E-state index contributed by atoms with van der Waals surface area (Å²) in [6, 6.07) is 5.44. The summed E-state index contributed by atoms with van der Waals surface area (Å²) in [5, 5.41) is 0. The zero-order valence-electron chi connectivity index (χ0n) is 8.70. The van der Waals surface area contributed by atoms with Crippen LogP contribution in [0.25, 0.3) is 0 Å². The van der Waals surface area contributed by atoms with Crippen LogP contribution in [0.5, 0.6) is 11.5 Å². The van der Waals surface area contributed by atoms with Crippen LogP contribution >= 0.6 is 0 Å². The fourth-order valence-electron chi connectivity index (χ4n) is 1.11. The molecule has 0 bridgehead atoms. The second-order valence-electron chi connectivity index (χ2n) is 3.18. The molecule has 0 heterocycles. The number of methoxy groups -OCH3 is 1. The second kappa shape index (κ2) is 4.57. The van der Waals surface area contributed by atoms with Gasteiger partial charge in [0.15, 0.2) is 11.5 Å². The molecule has 0 aromatic heterocycles. The molecule has 0 aliphatic carbocycles. The van der Waals surface area contributed by atoms with Gasteiger partial charge in [0.25, 0.3) is 0 Å². The van der Waals surface area contributed by atoms with Crippen molar-refractivity contribution in [3.63, 3.8) is 0 Å². The maximum absolute atomic E-state index is 5.56. The number of rotatable bonds is 3. The van der Waals surface area contributed by atoms with Gasteiger partial charge in [-0.1, -0.05) is 5.92 Å². The van der Waals surface area contributed by atoms with Gasteiger partial charge >= 0.3 is 0 Å². The van der Waals surface area contributed by atoms with E-state index in [-0.39, 0.29) is 6.10 Å². The van der Waals surface area contributed by atoms with Gasteiger partial charge in [0, 0.05) is 5.56 Å². The van der Waals surface area contributed by atoms with Gasteiger partial charge < -0.3 is 9.47 Å². The third kappa shape index (κ3) is 2.43. The number of terminal acetylenes is 1. The van der Waals surface area contributed by atoms with Crippen molar-refractivity contribution in [2.24, 2.45) is 0 Å². The van der Waals surface area contributed by atoms with Gasteiger partial charge in [0.05, 0.1) is 13.2 Å². The van der Waals surface area contributed by atoms with Crippen LogP contribution in [0.1, 0.15) is 19.4 Å². The molecule has 1 rings (SSSR count). The highest BCUT2D eigenvalue weighted by molar-refractivity contribution is 5.47. The van der Waals surface area contributed by atoms with Crippen LogP contribution in [0.3, 0.4) is 0 Å². The van der Waals surface area contributed by atoms with Gasteiger partial charge in [-0.05, 0) is 32.0 Å². The van der Waals surface area contributed by atoms with Crippen LogP contribution in [0.15, 0.2) is 18.2 Å². The van der Waals surface area contributed by atoms with Gasteiger partial charge in [0.2, 0.25) is 0 Å². The number of ether oxygens (including phenoxy) is 2. The average molecular weight is 190 g/mol. The molecule has 0 atom stereocenters. The van der Waals surface area contributed by atoms with Crippen molar-refractivity contribution >= 4 is 0 Å².